The van der Waals surface area contributed by atoms with Crippen molar-refractivity contribution in [1.82, 2.24) is 15.6 Å². The number of thiazole rings is 1. The highest BCUT2D eigenvalue weighted by molar-refractivity contribution is 14.0. The van der Waals surface area contributed by atoms with Gasteiger partial charge in [-0.25, -0.2) is 14.4 Å². The molecule has 0 bridgehead atoms. The second kappa shape index (κ2) is 12.1. The van der Waals surface area contributed by atoms with E-state index < -0.39 is 0 Å². The van der Waals surface area contributed by atoms with Crippen LogP contribution >= 0.6 is 35.3 Å². The van der Waals surface area contributed by atoms with E-state index in [2.05, 4.69) is 27.5 Å². The summed E-state index contributed by atoms with van der Waals surface area (Å²) in [6, 6.07) is 6.40. The molecule has 5 nitrogen and oxygen atoms in total. The number of halogens is 2. The fraction of sp³-hybridized carbons (Fsp3) is 0.444. The molecule has 2 N–H and O–H groups in total. The zero-order valence-electron chi connectivity index (χ0n) is 15.3. The number of rotatable bonds is 8. The predicted octanol–water partition coefficient (Wildman–Crippen LogP) is 3.77. The van der Waals surface area contributed by atoms with Crippen molar-refractivity contribution in [2.24, 2.45) is 4.99 Å². The number of aryl methyl sites for hydroxylation is 1. The van der Waals surface area contributed by atoms with Gasteiger partial charge in [0.05, 0.1) is 11.6 Å². The second-order valence-corrected chi connectivity index (χ2v) is 6.94. The number of para-hydroxylation sites is 1. The molecule has 0 aliphatic heterocycles. The Bertz CT molecular complexity index is 695. The molecule has 0 aliphatic rings. The maximum absolute atomic E-state index is 13.6. The maximum Gasteiger partial charge on any atom is 0.191 e. The van der Waals surface area contributed by atoms with Crippen LogP contribution in [0.15, 0.2) is 35.5 Å². The van der Waals surface area contributed by atoms with Gasteiger partial charge in [0.2, 0.25) is 0 Å². The molecular weight excluding hydrogens is 466 g/mol. The van der Waals surface area contributed by atoms with Crippen LogP contribution in [0.4, 0.5) is 4.39 Å². The number of hydrogen-bond donors (Lipinski definition) is 2. The largest absolute Gasteiger partial charge is 0.486 e. The smallest absolute Gasteiger partial charge is 0.191 e. The normalized spacial score (nSPS) is 12.2. The minimum atomic E-state index is -0.359. The second-order valence-electron chi connectivity index (χ2n) is 5.62. The van der Waals surface area contributed by atoms with Crippen molar-refractivity contribution in [1.29, 1.82) is 0 Å². The van der Waals surface area contributed by atoms with Crippen molar-refractivity contribution in [3.05, 3.63) is 46.2 Å². The first-order valence-electron chi connectivity index (χ1n) is 8.43. The molecule has 2 aromatic rings. The summed E-state index contributed by atoms with van der Waals surface area (Å²) < 4.78 is 19.2. The molecule has 144 valence electrons. The van der Waals surface area contributed by atoms with Crippen LogP contribution in [0.25, 0.3) is 0 Å². The first-order valence-corrected chi connectivity index (χ1v) is 9.24. The third-order valence-corrected chi connectivity index (χ3v) is 4.29. The minimum absolute atomic E-state index is 0. The number of benzene rings is 1. The summed E-state index contributed by atoms with van der Waals surface area (Å²) in [6.45, 7) is 7.89. The van der Waals surface area contributed by atoms with Crippen LogP contribution < -0.4 is 15.4 Å². The summed E-state index contributed by atoms with van der Waals surface area (Å²) >= 11 is 1.71. The van der Waals surface area contributed by atoms with Gasteiger partial charge in [-0.3, -0.25) is 0 Å². The van der Waals surface area contributed by atoms with E-state index in [9.17, 15) is 4.39 Å². The number of guanidine groups is 1. The Balaban J connectivity index is 0.00000338. The number of ether oxygens (including phenoxy) is 1. The van der Waals surface area contributed by atoms with Crippen molar-refractivity contribution in [3.63, 3.8) is 0 Å². The summed E-state index contributed by atoms with van der Waals surface area (Å²) in [5.74, 6) is 0.615. The van der Waals surface area contributed by atoms with Crippen LogP contribution in [-0.4, -0.2) is 36.7 Å². The molecule has 0 radical (unpaired) electrons. The van der Waals surface area contributed by atoms with Gasteiger partial charge in [-0.1, -0.05) is 12.1 Å². The van der Waals surface area contributed by atoms with Gasteiger partial charge in [-0.2, -0.15) is 0 Å². The zero-order valence-corrected chi connectivity index (χ0v) is 18.4. The molecule has 1 aromatic carbocycles. The molecule has 2 rings (SSSR count). The van der Waals surface area contributed by atoms with Crippen molar-refractivity contribution in [2.75, 3.05) is 19.6 Å². The van der Waals surface area contributed by atoms with E-state index in [0.717, 1.165) is 30.5 Å². The average molecular weight is 492 g/mol. The fourth-order valence-electron chi connectivity index (χ4n) is 2.16. The van der Waals surface area contributed by atoms with Gasteiger partial charge in [-0.05, 0) is 32.9 Å². The highest BCUT2D eigenvalue weighted by Crippen LogP contribution is 2.17. The van der Waals surface area contributed by atoms with E-state index in [1.165, 1.54) is 10.9 Å². The first kappa shape index (κ1) is 22.6. The molecule has 1 aromatic heterocycles. The molecule has 0 spiro atoms. The van der Waals surface area contributed by atoms with E-state index in [1.54, 1.807) is 29.5 Å². The summed E-state index contributed by atoms with van der Waals surface area (Å²) in [5.41, 5.74) is 0. The molecule has 1 atom stereocenters. The third kappa shape index (κ3) is 7.86. The number of nitrogens with zero attached hydrogens (tertiary/aromatic N) is 2. The number of aliphatic imine (C=N–C) groups is 1. The molecule has 8 heteroatoms. The molecule has 1 unspecified atom stereocenters. The molecule has 26 heavy (non-hydrogen) atoms. The molecular formula is C18H26FIN4OS. The molecule has 1 heterocycles. The third-order valence-electron chi connectivity index (χ3n) is 3.32. The Hall–Kier alpha value is -1.42. The Morgan fingerprint density at radius 1 is 1.35 bits per heavy atom. The van der Waals surface area contributed by atoms with Gasteiger partial charge in [0.15, 0.2) is 17.5 Å². The van der Waals surface area contributed by atoms with Gasteiger partial charge < -0.3 is 15.4 Å². The Morgan fingerprint density at radius 2 is 2.12 bits per heavy atom. The van der Waals surface area contributed by atoms with Gasteiger partial charge in [0.1, 0.15) is 6.10 Å². The fourth-order valence-corrected chi connectivity index (χ4v) is 2.95. The van der Waals surface area contributed by atoms with E-state index in [0.29, 0.717) is 6.54 Å². The molecule has 0 amide bonds. The Morgan fingerprint density at radius 3 is 2.77 bits per heavy atom. The predicted molar refractivity (Wildman–Crippen MR) is 116 cm³/mol. The van der Waals surface area contributed by atoms with Crippen LogP contribution in [0.3, 0.4) is 0 Å². The van der Waals surface area contributed by atoms with Gasteiger partial charge in [0, 0.05) is 30.6 Å². The monoisotopic (exact) mass is 492 g/mol. The Kier molecular flexibility index (Phi) is 10.5. The molecule has 0 saturated carbocycles. The summed E-state index contributed by atoms with van der Waals surface area (Å²) in [6.07, 6.45) is 2.51. The minimum Gasteiger partial charge on any atom is -0.486 e. The quantitative estimate of drug-likeness (QED) is 0.335. The van der Waals surface area contributed by atoms with Gasteiger partial charge >= 0.3 is 0 Å². The number of aromatic nitrogens is 1. The SMILES string of the molecule is CCNC(=NCC(C)Oc1ccccc1F)NCCc1ncc(C)s1.I. The Labute approximate surface area is 175 Å². The molecule has 0 aliphatic carbocycles. The lowest BCUT2D eigenvalue weighted by molar-refractivity contribution is 0.220. The van der Waals surface area contributed by atoms with Crippen LogP contribution in [0, 0.1) is 12.7 Å². The standard InChI is InChI=1S/C18H25FN4OS.HI/c1-4-20-18(21-10-9-17-22-12-14(3)25-17)23-11-13(2)24-16-8-6-5-7-15(16)19;/h5-8,12-13H,4,9-11H2,1-3H3,(H2,20,21,23);1H. The number of hydrogen-bond acceptors (Lipinski definition) is 4. The summed E-state index contributed by atoms with van der Waals surface area (Å²) in [7, 11) is 0. The zero-order chi connectivity index (χ0) is 18.1. The van der Waals surface area contributed by atoms with Crippen LogP contribution in [0.2, 0.25) is 0 Å². The lowest BCUT2D eigenvalue weighted by Crippen LogP contribution is -2.39. The van der Waals surface area contributed by atoms with Crippen LogP contribution in [-0.2, 0) is 6.42 Å². The topological polar surface area (TPSA) is 58.5 Å². The van der Waals surface area contributed by atoms with Gasteiger partial charge in [-0.15, -0.1) is 35.3 Å². The molecule has 0 saturated heterocycles. The van der Waals surface area contributed by atoms with Crippen molar-refractivity contribution in [2.45, 2.75) is 33.3 Å². The van der Waals surface area contributed by atoms with Gasteiger partial charge in [0.25, 0.3) is 0 Å². The van der Waals surface area contributed by atoms with Crippen molar-refractivity contribution >= 4 is 41.3 Å². The van der Waals surface area contributed by atoms with E-state index >= 15 is 0 Å². The van der Waals surface area contributed by atoms with Crippen molar-refractivity contribution in [3.8, 4) is 5.75 Å². The summed E-state index contributed by atoms with van der Waals surface area (Å²) in [4.78, 5) is 10.1. The van der Waals surface area contributed by atoms with Crippen LogP contribution in [0.1, 0.15) is 23.7 Å². The average Bonchev–Trinajstić information content (AvgIpc) is 3.00. The molecule has 0 fully saturated rings. The van der Waals surface area contributed by atoms with E-state index in [1.807, 2.05) is 20.0 Å². The summed E-state index contributed by atoms with van der Waals surface area (Å²) in [5, 5.41) is 7.59. The first-order chi connectivity index (χ1) is 12.1. The lowest BCUT2D eigenvalue weighted by Gasteiger charge is -2.15. The highest BCUT2D eigenvalue weighted by atomic mass is 127. The van der Waals surface area contributed by atoms with E-state index in [4.69, 9.17) is 4.74 Å². The highest BCUT2D eigenvalue weighted by Gasteiger charge is 2.08. The maximum atomic E-state index is 13.6. The van der Waals surface area contributed by atoms with E-state index in [-0.39, 0.29) is 41.6 Å². The van der Waals surface area contributed by atoms with Crippen LogP contribution in [0.5, 0.6) is 5.75 Å². The lowest BCUT2D eigenvalue weighted by atomic mass is 10.3. The number of nitrogens with one attached hydrogen (secondary N) is 2. The van der Waals surface area contributed by atoms with Crippen molar-refractivity contribution < 1.29 is 9.13 Å².